The lowest BCUT2D eigenvalue weighted by Gasteiger charge is -2.20. The molecule has 0 saturated carbocycles. The molecular weight excluding hydrogens is 116 g/mol. The van der Waals surface area contributed by atoms with Gasteiger partial charge in [-0.2, -0.15) is 0 Å². The topological polar surface area (TPSA) is 3.24 Å². The molecule has 1 nitrogen and oxygen atoms in total. The number of hydrogen-bond acceptors (Lipinski definition) is 2. The van der Waals surface area contributed by atoms with Gasteiger partial charge >= 0.3 is 0 Å². The first-order valence-corrected chi connectivity index (χ1v) is 2.91. The van der Waals surface area contributed by atoms with Crippen molar-refractivity contribution in [3.63, 3.8) is 0 Å². The molecule has 0 aromatic carbocycles. The molecule has 0 fully saturated rings. The molecule has 0 aromatic rings. The van der Waals surface area contributed by atoms with Gasteiger partial charge in [0.2, 0.25) is 7.41 Å². The Kier molecular flexibility index (Phi) is 2.99. The zero-order valence-corrected chi connectivity index (χ0v) is 6.44. The fourth-order valence-electron chi connectivity index (χ4n) is 0.397. The fraction of sp³-hybridized carbons (Fsp3) is 1.00. The van der Waals surface area contributed by atoms with E-state index in [0.717, 1.165) is 0 Å². The van der Waals surface area contributed by atoms with E-state index in [-0.39, 0.29) is 5.31 Å². The molecule has 43 valence electrons. The summed E-state index contributed by atoms with van der Waals surface area (Å²) in [4.78, 5) is 0. The molecule has 0 aromatic heterocycles. The zero-order valence-electron chi connectivity index (χ0n) is 5.55. The van der Waals surface area contributed by atoms with E-state index in [1.54, 1.807) is 0 Å². The number of thiol groups is 1. The van der Waals surface area contributed by atoms with Crippen molar-refractivity contribution >= 4 is 28.2 Å². The van der Waals surface area contributed by atoms with E-state index in [4.69, 9.17) is 7.98 Å². The van der Waals surface area contributed by atoms with Gasteiger partial charge in [0, 0.05) is 0 Å². The first-order chi connectivity index (χ1) is 3.42. The van der Waals surface area contributed by atoms with Crippen molar-refractivity contribution in [3.05, 3.63) is 0 Å². The molecule has 0 atom stereocenters. The van der Waals surface area contributed by atoms with Crippen molar-refractivity contribution in [2.24, 2.45) is 0 Å². The van der Waals surface area contributed by atoms with Crippen LogP contribution in [0.3, 0.4) is 0 Å². The van der Waals surface area contributed by atoms with E-state index >= 15 is 0 Å². The predicted molar refractivity (Wildman–Crippen MR) is 42.0 cm³/mol. The highest BCUT2D eigenvalue weighted by Crippen LogP contribution is 2.20. The van der Waals surface area contributed by atoms with E-state index in [1.165, 1.54) is 4.13 Å². The van der Waals surface area contributed by atoms with E-state index in [9.17, 15) is 0 Å². The number of rotatable bonds is 1. The lowest BCUT2D eigenvalue weighted by Crippen LogP contribution is -2.22. The molecule has 0 bridgehead atoms. The molecule has 0 unspecified atom stereocenters. The van der Waals surface area contributed by atoms with Gasteiger partial charge in [-0.05, 0) is 5.31 Å². The minimum Gasteiger partial charge on any atom is -0.346 e. The third-order valence-corrected chi connectivity index (χ3v) is 0.635. The number of nitrogens with zero attached hydrogens (tertiary/aromatic N) is 1. The molecular formula is C4H10B2NS. The average molecular weight is 126 g/mol. The molecule has 8 heavy (non-hydrogen) atoms. The van der Waals surface area contributed by atoms with Crippen molar-refractivity contribution in [3.8, 4) is 0 Å². The minimum atomic E-state index is 0.122. The average Bonchev–Trinajstić information content (AvgIpc) is 1.21. The van der Waals surface area contributed by atoms with Crippen LogP contribution in [0.1, 0.15) is 20.8 Å². The zero-order chi connectivity index (χ0) is 6.78. The Morgan fingerprint density at radius 3 is 1.88 bits per heavy atom. The van der Waals surface area contributed by atoms with Gasteiger partial charge in [-0.15, -0.1) is 12.8 Å². The summed E-state index contributed by atoms with van der Waals surface area (Å²) in [6, 6.07) is 0. The van der Waals surface area contributed by atoms with Crippen LogP contribution < -0.4 is 0 Å². The molecule has 0 saturated heterocycles. The molecule has 3 radical (unpaired) electrons. The second-order valence-electron chi connectivity index (χ2n) is 2.88. The third-order valence-electron chi connectivity index (χ3n) is 0.520. The quantitative estimate of drug-likeness (QED) is 0.405. The SMILES string of the molecule is [B]N(S)[B]C(C)(C)C. The van der Waals surface area contributed by atoms with Crippen LogP contribution in [0.2, 0.25) is 5.31 Å². The maximum Gasteiger partial charge on any atom is 0.211 e. The Morgan fingerprint density at radius 2 is 1.88 bits per heavy atom. The van der Waals surface area contributed by atoms with E-state index in [0.29, 0.717) is 0 Å². The summed E-state index contributed by atoms with van der Waals surface area (Å²) < 4.78 is 1.28. The van der Waals surface area contributed by atoms with Gasteiger partial charge in [0.1, 0.15) is 0 Å². The van der Waals surface area contributed by atoms with E-state index in [1.807, 2.05) is 7.41 Å². The smallest absolute Gasteiger partial charge is 0.211 e. The van der Waals surface area contributed by atoms with Crippen LogP contribution in [0.15, 0.2) is 0 Å². The maximum atomic E-state index is 5.22. The molecule has 0 amide bonds. The molecule has 0 spiro atoms. The van der Waals surface area contributed by atoms with Crippen LogP contribution >= 0.6 is 12.8 Å². The lowest BCUT2D eigenvalue weighted by atomic mass is 9.63. The fourth-order valence-corrected chi connectivity index (χ4v) is 0.743. The summed E-state index contributed by atoms with van der Waals surface area (Å²) in [6.07, 6.45) is 0. The Bertz CT molecular complexity index is 68.9. The van der Waals surface area contributed by atoms with Gasteiger partial charge in [0.05, 0.1) is 0 Å². The Morgan fingerprint density at radius 1 is 1.50 bits per heavy atom. The maximum absolute atomic E-state index is 5.22. The Balaban J connectivity index is 3.39. The van der Waals surface area contributed by atoms with Crippen molar-refractivity contribution < 1.29 is 0 Å². The van der Waals surface area contributed by atoms with Gasteiger partial charge in [-0.3, -0.25) is 0 Å². The molecule has 4 heteroatoms. The summed E-state index contributed by atoms with van der Waals surface area (Å²) >= 11 is 3.85. The molecule has 0 aliphatic carbocycles. The van der Waals surface area contributed by atoms with Crippen LogP contribution in [0.4, 0.5) is 0 Å². The van der Waals surface area contributed by atoms with Crippen LogP contribution in [0, 0.1) is 0 Å². The van der Waals surface area contributed by atoms with Gasteiger partial charge in [0.15, 0.2) is 7.98 Å². The normalized spacial score (nSPS) is 12.1. The summed E-state index contributed by atoms with van der Waals surface area (Å²) in [5.41, 5.74) is 0. The second kappa shape index (κ2) is 2.83. The second-order valence-corrected chi connectivity index (χ2v) is 3.34. The van der Waals surface area contributed by atoms with Crippen molar-refractivity contribution in [1.29, 1.82) is 0 Å². The lowest BCUT2D eigenvalue weighted by molar-refractivity contribution is 0.732. The van der Waals surface area contributed by atoms with Gasteiger partial charge < -0.3 is 4.13 Å². The number of hydrogen-bond donors (Lipinski definition) is 1. The predicted octanol–water partition coefficient (Wildman–Crippen LogP) is 1.05. The van der Waals surface area contributed by atoms with Crippen LogP contribution in [-0.4, -0.2) is 19.5 Å². The molecule has 0 aliphatic rings. The van der Waals surface area contributed by atoms with Gasteiger partial charge in [0.25, 0.3) is 0 Å². The molecule has 0 N–H and O–H groups in total. The third kappa shape index (κ3) is 6.44. The van der Waals surface area contributed by atoms with Crippen LogP contribution in [0.25, 0.3) is 0 Å². The van der Waals surface area contributed by atoms with Crippen LogP contribution in [-0.2, 0) is 0 Å². The Labute approximate surface area is 59.1 Å². The highest BCUT2D eigenvalue weighted by atomic mass is 32.1. The minimum absolute atomic E-state index is 0.122. The van der Waals surface area contributed by atoms with Crippen molar-refractivity contribution in [1.82, 2.24) is 4.13 Å². The summed E-state index contributed by atoms with van der Waals surface area (Å²) in [6.45, 7) is 6.18. The Hall–Kier alpha value is 0.440. The van der Waals surface area contributed by atoms with Crippen LogP contribution in [0.5, 0.6) is 0 Å². The monoisotopic (exact) mass is 126 g/mol. The highest BCUT2D eigenvalue weighted by molar-refractivity contribution is 7.79. The highest BCUT2D eigenvalue weighted by Gasteiger charge is 2.13. The van der Waals surface area contributed by atoms with Gasteiger partial charge in [-0.1, -0.05) is 20.8 Å². The molecule has 0 heterocycles. The van der Waals surface area contributed by atoms with Crippen molar-refractivity contribution in [2.45, 2.75) is 26.1 Å². The van der Waals surface area contributed by atoms with Gasteiger partial charge in [-0.25, -0.2) is 0 Å². The standard InChI is InChI=1S/C4H10B2NS/c1-4(2,3)6-7(5)8/h8H,1-3H3. The first-order valence-electron chi connectivity index (χ1n) is 2.51. The van der Waals surface area contributed by atoms with E-state index in [2.05, 4.69) is 33.6 Å². The summed E-state index contributed by atoms with van der Waals surface area (Å²) in [7, 11) is 7.05. The molecule has 0 rings (SSSR count). The summed E-state index contributed by atoms with van der Waals surface area (Å²) in [5.74, 6) is 0. The van der Waals surface area contributed by atoms with Crippen molar-refractivity contribution in [2.75, 3.05) is 0 Å². The summed E-state index contributed by atoms with van der Waals surface area (Å²) in [5, 5.41) is 0.122. The largest absolute Gasteiger partial charge is 0.346 e. The first kappa shape index (κ1) is 8.44. The van der Waals surface area contributed by atoms with E-state index < -0.39 is 0 Å². The molecule has 0 aliphatic heterocycles.